The fourth-order valence-corrected chi connectivity index (χ4v) is 4.25. The zero-order chi connectivity index (χ0) is 13.1. The second-order valence-corrected chi connectivity index (χ2v) is 7.10. The number of hydrogen-bond acceptors (Lipinski definition) is 3. The van der Waals surface area contributed by atoms with E-state index >= 15 is 0 Å². The molecule has 2 N–H and O–H groups in total. The van der Waals surface area contributed by atoms with Crippen molar-refractivity contribution in [1.29, 1.82) is 0 Å². The molecule has 0 bridgehead atoms. The molecule has 2 nitrogen and oxygen atoms in total. The molecule has 0 radical (unpaired) electrons. The monoisotopic (exact) mass is 286 g/mol. The topological polar surface area (TPSA) is 29.3 Å². The van der Waals surface area contributed by atoms with Gasteiger partial charge >= 0.3 is 0 Å². The largest absolute Gasteiger partial charge is 0.326 e. The van der Waals surface area contributed by atoms with E-state index in [-0.39, 0.29) is 6.04 Å². The summed E-state index contributed by atoms with van der Waals surface area (Å²) in [6.07, 6.45) is 3.93. The van der Waals surface area contributed by atoms with Crippen LogP contribution in [0.2, 0.25) is 4.34 Å². The van der Waals surface area contributed by atoms with Crippen LogP contribution in [-0.4, -0.2) is 24.0 Å². The summed E-state index contributed by atoms with van der Waals surface area (Å²) in [6.45, 7) is 6.74. The first kappa shape index (κ1) is 14.3. The van der Waals surface area contributed by atoms with Gasteiger partial charge in [-0.15, -0.1) is 11.3 Å². The predicted octanol–water partition coefficient (Wildman–Crippen LogP) is 3.91. The van der Waals surface area contributed by atoms with Crippen molar-refractivity contribution in [2.24, 2.45) is 11.7 Å². The molecule has 102 valence electrons. The zero-order valence-electron chi connectivity index (χ0n) is 11.2. The Morgan fingerprint density at radius 1 is 1.56 bits per heavy atom. The second kappa shape index (κ2) is 6.38. The molecule has 0 amide bonds. The molecule has 1 aliphatic heterocycles. The Hall–Kier alpha value is -0.0900. The molecule has 3 atom stereocenters. The summed E-state index contributed by atoms with van der Waals surface area (Å²) in [5.41, 5.74) is 6.22. The fraction of sp³-hybridized carbons (Fsp3) is 0.714. The number of thiophene rings is 1. The van der Waals surface area contributed by atoms with Gasteiger partial charge in [0.2, 0.25) is 0 Å². The molecule has 2 heterocycles. The smallest absolute Gasteiger partial charge is 0.0931 e. The van der Waals surface area contributed by atoms with Crippen LogP contribution in [-0.2, 0) is 0 Å². The van der Waals surface area contributed by atoms with Crippen molar-refractivity contribution in [1.82, 2.24) is 4.90 Å². The first-order valence-electron chi connectivity index (χ1n) is 6.86. The molecule has 1 fully saturated rings. The predicted molar refractivity (Wildman–Crippen MR) is 80.3 cm³/mol. The van der Waals surface area contributed by atoms with Crippen molar-refractivity contribution in [3.8, 4) is 0 Å². The summed E-state index contributed by atoms with van der Waals surface area (Å²) in [6, 6.07) is 4.60. The molecule has 0 saturated carbocycles. The lowest BCUT2D eigenvalue weighted by Gasteiger charge is -2.39. The van der Waals surface area contributed by atoms with Crippen LogP contribution in [0, 0.1) is 5.92 Å². The van der Waals surface area contributed by atoms with Crippen molar-refractivity contribution >= 4 is 22.9 Å². The van der Waals surface area contributed by atoms with Crippen molar-refractivity contribution < 1.29 is 0 Å². The summed E-state index contributed by atoms with van der Waals surface area (Å²) in [5, 5.41) is 0. The summed E-state index contributed by atoms with van der Waals surface area (Å²) in [7, 11) is 0. The molecule has 1 aromatic heterocycles. The quantitative estimate of drug-likeness (QED) is 0.909. The van der Waals surface area contributed by atoms with Gasteiger partial charge in [-0.05, 0) is 44.4 Å². The van der Waals surface area contributed by atoms with Crippen LogP contribution in [0.25, 0.3) is 0 Å². The third kappa shape index (κ3) is 3.27. The molecule has 1 aliphatic rings. The molecule has 18 heavy (non-hydrogen) atoms. The lowest BCUT2D eigenvalue weighted by molar-refractivity contribution is 0.110. The van der Waals surface area contributed by atoms with Crippen LogP contribution >= 0.6 is 22.9 Å². The van der Waals surface area contributed by atoms with Gasteiger partial charge in [0.25, 0.3) is 0 Å². The van der Waals surface area contributed by atoms with E-state index in [0.29, 0.717) is 6.04 Å². The zero-order valence-corrected chi connectivity index (χ0v) is 12.8. The Kier molecular flexibility index (Phi) is 5.07. The van der Waals surface area contributed by atoms with E-state index in [1.165, 1.54) is 30.7 Å². The van der Waals surface area contributed by atoms with E-state index < -0.39 is 0 Å². The third-order valence-electron chi connectivity index (χ3n) is 3.90. The summed E-state index contributed by atoms with van der Waals surface area (Å²) in [5.74, 6) is 0.829. The van der Waals surface area contributed by atoms with E-state index in [4.69, 9.17) is 17.3 Å². The molecule has 1 saturated heterocycles. The van der Waals surface area contributed by atoms with Gasteiger partial charge in [-0.25, -0.2) is 0 Å². The number of likely N-dealkylation sites (tertiary alicyclic amines) is 1. The van der Waals surface area contributed by atoms with Crippen LogP contribution < -0.4 is 5.73 Å². The van der Waals surface area contributed by atoms with Gasteiger partial charge in [-0.2, -0.15) is 0 Å². The summed E-state index contributed by atoms with van der Waals surface area (Å²) in [4.78, 5) is 3.87. The maximum Gasteiger partial charge on any atom is 0.0931 e. The van der Waals surface area contributed by atoms with E-state index in [1.54, 1.807) is 11.3 Å². The number of rotatable bonds is 4. The van der Waals surface area contributed by atoms with Crippen LogP contribution in [0.4, 0.5) is 0 Å². The average molecular weight is 287 g/mol. The maximum atomic E-state index is 6.22. The van der Waals surface area contributed by atoms with Gasteiger partial charge in [-0.3, -0.25) is 4.90 Å². The number of piperidine rings is 1. The lowest BCUT2D eigenvalue weighted by atomic mass is 9.93. The maximum absolute atomic E-state index is 6.22. The summed E-state index contributed by atoms with van der Waals surface area (Å²) >= 11 is 7.73. The van der Waals surface area contributed by atoms with Crippen LogP contribution in [0.15, 0.2) is 12.1 Å². The second-order valence-electron chi connectivity index (χ2n) is 5.36. The Morgan fingerprint density at radius 2 is 2.33 bits per heavy atom. The molecule has 0 aromatic carbocycles. The minimum absolute atomic E-state index is 0.148. The normalized spacial score (nSPS) is 25.0. The van der Waals surface area contributed by atoms with Gasteiger partial charge < -0.3 is 5.73 Å². The van der Waals surface area contributed by atoms with Crippen LogP contribution in [0.3, 0.4) is 0 Å². The van der Waals surface area contributed by atoms with Crippen molar-refractivity contribution in [3.05, 3.63) is 21.3 Å². The van der Waals surface area contributed by atoms with Gasteiger partial charge in [0.1, 0.15) is 0 Å². The Morgan fingerprint density at radius 3 is 2.89 bits per heavy atom. The van der Waals surface area contributed by atoms with E-state index in [9.17, 15) is 0 Å². The van der Waals surface area contributed by atoms with Gasteiger partial charge in [0, 0.05) is 17.5 Å². The summed E-state index contributed by atoms with van der Waals surface area (Å²) < 4.78 is 0.861. The molecule has 2 rings (SSSR count). The van der Waals surface area contributed by atoms with Crippen LogP contribution in [0.5, 0.6) is 0 Å². The fourth-order valence-electron chi connectivity index (χ4n) is 2.94. The number of halogens is 1. The highest BCUT2D eigenvalue weighted by atomic mass is 35.5. The Balaban J connectivity index is 2.14. The number of nitrogens with two attached hydrogens (primary N) is 1. The minimum Gasteiger partial charge on any atom is -0.326 e. The van der Waals surface area contributed by atoms with Gasteiger partial charge in [0.05, 0.1) is 10.4 Å². The van der Waals surface area contributed by atoms with E-state index in [0.717, 1.165) is 16.8 Å². The van der Waals surface area contributed by atoms with Crippen molar-refractivity contribution in [3.63, 3.8) is 0 Å². The highest BCUT2D eigenvalue weighted by Crippen LogP contribution is 2.35. The van der Waals surface area contributed by atoms with Gasteiger partial charge in [-0.1, -0.05) is 24.9 Å². The average Bonchev–Trinajstić information content (AvgIpc) is 2.75. The molecule has 3 unspecified atom stereocenters. The standard InChI is InChI=1S/C14H23ClN2S/c1-3-11-5-4-8-17(9-11)14(10(2)16)12-6-7-13(15)18-12/h6-7,10-11,14H,3-5,8-9,16H2,1-2H3. The number of hydrogen-bond donors (Lipinski definition) is 1. The molecule has 4 heteroatoms. The molecular weight excluding hydrogens is 264 g/mol. The lowest BCUT2D eigenvalue weighted by Crippen LogP contribution is -2.44. The highest BCUT2D eigenvalue weighted by Gasteiger charge is 2.29. The van der Waals surface area contributed by atoms with E-state index in [2.05, 4.69) is 24.8 Å². The first-order valence-corrected chi connectivity index (χ1v) is 8.06. The highest BCUT2D eigenvalue weighted by molar-refractivity contribution is 7.16. The van der Waals surface area contributed by atoms with E-state index in [1.807, 2.05) is 6.07 Å². The Labute approximate surface area is 119 Å². The van der Waals surface area contributed by atoms with Crippen LogP contribution in [0.1, 0.15) is 44.0 Å². The molecule has 0 spiro atoms. The molecular formula is C14H23ClN2S. The molecule has 0 aliphatic carbocycles. The van der Waals surface area contributed by atoms with Gasteiger partial charge in [0.15, 0.2) is 0 Å². The SMILES string of the molecule is CCC1CCCN(C(c2ccc(Cl)s2)C(C)N)C1. The first-order chi connectivity index (χ1) is 8.61. The Bertz CT molecular complexity index is 378. The minimum atomic E-state index is 0.148. The number of nitrogens with zero attached hydrogens (tertiary/aromatic N) is 1. The van der Waals surface area contributed by atoms with Crippen molar-refractivity contribution in [2.45, 2.75) is 45.2 Å². The molecule has 1 aromatic rings. The van der Waals surface area contributed by atoms with Crippen molar-refractivity contribution in [2.75, 3.05) is 13.1 Å². The third-order valence-corrected chi connectivity index (χ3v) is 5.21.